The Hall–Kier alpha value is -3.55. The summed E-state index contributed by atoms with van der Waals surface area (Å²) in [7, 11) is 1.67. The highest BCUT2D eigenvalue weighted by Crippen LogP contribution is 2.21. The second kappa shape index (κ2) is 6.75. The number of para-hydroxylation sites is 1. The van der Waals surface area contributed by atoms with E-state index in [2.05, 4.69) is 30.8 Å². The molecule has 3 heterocycles. The lowest BCUT2D eigenvalue weighted by Gasteiger charge is -2.12. The van der Waals surface area contributed by atoms with Crippen molar-refractivity contribution in [3.63, 3.8) is 0 Å². The minimum atomic E-state index is 0.592. The lowest BCUT2D eigenvalue weighted by Crippen LogP contribution is -2.07. The summed E-state index contributed by atoms with van der Waals surface area (Å²) in [6.45, 7) is 2.54. The van der Waals surface area contributed by atoms with Crippen molar-refractivity contribution in [2.24, 2.45) is 0 Å². The smallest absolute Gasteiger partial charge is 0.216 e. The van der Waals surface area contributed by atoms with Crippen LogP contribution < -0.4 is 15.4 Å². The van der Waals surface area contributed by atoms with E-state index in [1.807, 2.05) is 53.9 Å². The number of aromatic amines is 1. The molecule has 3 aromatic heterocycles. The van der Waals surface area contributed by atoms with Crippen LogP contribution in [0, 0.1) is 6.92 Å². The lowest BCUT2D eigenvalue weighted by atomic mass is 10.2. The first-order valence-corrected chi connectivity index (χ1v) is 8.22. The molecule has 8 heteroatoms. The molecule has 0 unspecified atom stereocenters. The third-order valence-corrected chi connectivity index (χ3v) is 3.99. The largest absolute Gasteiger partial charge is 0.496 e. The minimum absolute atomic E-state index is 0.592. The quantitative estimate of drug-likeness (QED) is 0.495. The summed E-state index contributed by atoms with van der Waals surface area (Å²) in [5, 5.41) is 13.7. The Bertz CT molecular complexity index is 1040. The van der Waals surface area contributed by atoms with Gasteiger partial charge in [-0.25, -0.2) is 4.98 Å². The van der Waals surface area contributed by atoms with Gasteiger partial charge >= 0.3 is 0 Å². The van der Waals surface area contributed by atoms with Gasteiger partial charge in [0.05, 0.1) is 7.11 Å². The van der Waals surface area contributed by atoms with Crippen LogP contribution in [0.3, 0.4) is 0 Å². The van der Waals surface area contributed by atoms with Gasteiger partial charge in [-0.15, -0.1) is 0 Å². The molecule has 0 bridgehead atoms. The standard InChI is InChI=1S/C18H19N7O/c1-12-9-16(24-23-12)22-18-21-15(10-17-19-7-8-25(17)18)20-11-13-5-3-4-6-14(13)26-2/h3-10,20H,11H2,1-2H3,(H2,21,22,23,24). The maximum Gasteiger partial charge on any atom is 0.216 e. The number of nitrogens with one attached hydrogen (secondary N) is 3. The van der Waals surface area contributed by atoms with Crippen LogP contribution in [0.15, 0.2) is 48.8 Å². The van der Waals surface area contributed by atoms with Crippen molar-refractivity contribution in [1.82, 2.24) is 24.6 Å². The number of rotatable bonds is 6. The average Bonchev–Trinajstić information content (AvgIpc) is 3.29. The van der Waals surface area contributed by atoms with Crippen LogP contribution >= 0.6 is 0 Å². The van der Waals surface area contributed by atoms with Gasteiger partial charge < -0.3 is 15.4 Å². The SMILES string of the molecule is COc1ccccc1CNc1cc2nccn2c(Nc2cc(C)[nH]n2)n1. The Morgan fingerprint density at radius 1 is 1.19 bits per heavy atom. The molecule has 8 nitrogen and oxygen atoms in total. The van der Waals surface area contributed by atoms with Gasteiger partial charge in [-0.1, -0.05) is 18.2 Å². The summed E-state index contributed by atoms with van der Waals surface area (Å²) in [6, 6.07) is 11.7. The molecule has 26 heavy (non-hydrogen) atoms. The van der Waals surface area contributed by atoms with E-state index < -0.39 is 0 Å². The topological polar surface area (TPSA) is 92.2 Å². The Balaban J connectivity index is 1.61. The van der Waals surface area contributed by atoms with E-state index in [-0.39, 0.29) is 0 Å². The predicted octanol–water partition coefficient (Wildman–Crippen LogP) is 3.13. The molecule has 3 N–H and O–H groups in total. The molecule has 0 saturated carbocycles. The monoisotopic (exact) mass is 349 g/mol. The predicted molar refractivity (Wildman–Crippen MR) is 99.9 cm³/mol. The number of methoxy groups -OCH3 is 1. The second-order valence-electron chi connectivity index (χ2n) is 5.85. The second-order valence-corrected chi connectivity index (χ2v) is 5.85. The van der Waals surface area contributed by atoms with Crippen molar-refractivity contribution in [2.75, 3.05) is 17.7 Å². The van der Waals surface area contributed by atoms with Crippen LogP contribution in [-0.4, -0.2) is 31.7 Å². The normalized spacial score (nSPS) is 10.8. The maximum absolute atomic E-state index is 5.40. The molecule has 1 aromatic carbocycles. The number of aryl methyl sites for hydroxylation is 1. The molecule has 0 spiro atoms. The zero-order valence-corrected chi connectivity index (χ0v) is 14.5. The molecule has 0 fully saturated rings. The third kappa shape index (κ3) is 3.16. The first kappa shape index (κ1) is 15.9. The fourth-order valence-corrected chi connectivity index (χ4v) is 2.73. The molecule has 0 saturated heterocycles. The maximum atomic E-state index is 5.40. The van der Waals surface area contributed by atoms with Gasteiger partial charge in [-0.3, -0.25) is 9.50 Å². The number of H-pyrrole nitrogens is 1. The lowest BCUT2D eigenvalue weighted by molar-refractivity contribution is 0.410. The fraction of sp³-hybridized carbons (Fsp3) is 0.167. The summed E-state index contributed by atoms with van der Waals surface area (Å²) in [5.41, 5.74) is 2.81. The molecule has 0 radical (unpaired) electrons. The van der Waals surface area contributed by atoms with Gasteiger partial charge in [-0.05, 0) is 13.0 Å². The van der Waals surface area contributed by atoms with Crippen LogP contribution in [0.1, 0.15) is 11.3 Å². The first-order valence-electron chi connectivity index (χ1n) is 8.22. The van der Waals surface area contributed by atoms with Crippen molar-refractivity contribution < 1.29 is 4.74 Å². The van der Waals surface area contributed by atoms with Crippen LogP contribution in [-0.2, 0) is 6.54 Å². The number of aromatic nitrogens is 5. The van der Waals surface area contributed by atoms with Crippen LogP contribution in [0.5, 0.6) is 5.75 Å². The molecule has 0 atom stereocenters. The summed E-state index contributed by atoms with van der Waals surface area (Å²) < 4.78 is 7.27. The number of fused-ring (bicyclic) bond motifs is 1. The third-order valence-electron chi connectivity index (χ3n) is 3.99. The molecule has 4 aromatic rings. The van der Waals surface area contributed by atoms with E-state index in [9.17, 15) is 0 Å². The van der Waals surface area contributed by atoms with E-state index in [0.717, 1.165) is 22.7 Å². The summed E-state index contributed by atoms with van der Waals surface area (Å²) >= 11 is 0. The van der Waals surface area contributed by atoms with Crippen LogP contribution in [0.25, 0.3) is 5.65 Å². The number of benzene rings is 1. The van der Waals surface area contributed by atoms with Crippen LogP contribution in [0.4, 0.5) is 17.6 Å². The Kier molecular flexibility index (Phi) is 4.14. The van der Waals surface area contributed by atoms with E-state index in [1.54, 1.807) is 13.3 Å². The molecule has 132 valence electrons. The van der Waals surface area contributed by atoms with Gasteiger partial charge in [0, 0.05) is 42.3 Å². The fourth-order valence-electron chi connectivity index (χ4n) is 2.73. The van der Waals surface area contributed by atoms with Gasteiger partial charge in [0.25, 0.3) is 0 Å². The number of imidazole rings is 1. The van der Waals surface area contributed by atoms with Crippen LogP contribution in [0.2, 0.25) is 0 Å². The van der Waals surface area contributed by atoms with E-state index in [1.165, 1.54) is 0 Å². The van der Waals surface area contributed by atoms with E-state index in [0.29, 0.717) is 24.1 Å². The number of anilines is 3. The summed E-state index contributed by atoms with van der Waals surface area (Å²) in [4.78, 5) is 9.02. The Morgan fingerprint density at radius 2 is 2.08 bits per heavy atom. The highest BCUT2D eigenvalue weighted by Gasteiger charge is 2.09. The van der Waals surface area contributed by atoms with Gasteiger partial charge in [0.15, 0.2) is 5.82 Å². The van der Waals surface area contributed by atoms with Crippen molar-refractivity contribution in [3.8, 4) is 5.75 Å². The van der Waals surface area contributed by atoms with Crippen molar-refractivity contribution in [2.45, 2.75) is 13.5 Å². The number of nitrogens with zero attached hydrogens (tertiary/aromatic N) is 4. The number of hydrogen-bond donors (Lipinski definition) is 3. The van der Waals surface area contributed by atoms with E-state index in [4.69, 9.17) is 4.74 Å². The summed E-state index contributed by atoms with van der Waals surface area (Å²) in [6.07, 6.45) is 3.59. The average molecular weight is 349 g/mol. The highest BCUT2D eigenvalue weighted by molar-refractivity contribution is 5.59. The Morgan fingerprint density at radius 3 is 2.88 bits per heavy atom. The number of ether oxygens (including phenoxy) is 1. The van der Waals surface area contributed by atoms with Gasteiger partial charge in [0.2, 0.25) is 5.95 Å². The minimum Gasteiger partial charge on any atom is -0.496 e. The molecular weight excluding hydrogens is 330 g/mol. The van der Waals surface area contributed by atoms with Gasteiger partial charge in [0.1, 0.15) is 17.2 Å². The van der Waals surface area contributed by atoms with Crippen molar-refractivity contribution >= 4 is 23.2 Å². The number of hydrogen-bond acceptors (Lipinski definition) is 6. The van der Waals surface area contributed by atoms with E-state index >= 15 is 0 Å². The molecular formula is C18H19N7O. The molecule has 0 aliphatic carbocycles. The zero-order chi connectivity index (χ0) is 17.9. The molecule has 0 aliphatic rings. The molecule has 4 rings (SSSR count). The highest BCUT2D eigenvalue weighted by atomic mass is 16.5. The molecule has 0 amide bonds. The first-order chi connectivity index (χ1) is 12.7. The Labute approximate surface area is 150 Å². The van der Waals surface area contributed by atoms with Crippen molar-refractivity contribution in [1.29, 1.82) is 0 Å². The zero-order valence-electron chi connectivity index (χ0n) is 14.5. The van der Waals surface area contributed by atoms with Crippen molar-refractivity contribution in [3.05, 3.63) is 60.0 Å². The summed E-state index contributed by atoms with van der Waals surface area (Å²) in [5.74, 6) is 2.89. The van der Waals surface area contributed by atoms with Gasteiger partial charge in [-0.2, -0.15) is 10.1 Å². The molecule has 0 aliphatic heterocycles.